The van der Waals surface area contributed by atoms with Gasteiger partial charge in [-0.3, -0.25) is 4.98 Å². The highest BCUT2D eigenvalue weighted by atomic mass is 32.1. The first-order valence-electron chi connectivity index (χ1n) is 7.34. The number of thiol groups is 1. The Morgan fingerprint density at radius 3 is 2.57 bits per heavy atom. The molecule has 0 fully saturated rings. The molecule has 124 valence electrons. The molecule has 7 heteroatoms. The van der Waals surface area contributed by atoms with Crippen molar-refractivity contribution in [2.45, 2.75) is 43.3 Å². The number of ether oxygens (including phenoxy) is 1. The van der Waals surface area contributed by atoms with Crippen LogP contribution in [0.3, 0.4) is 0 Å². The molecular weight excluding hydrogens is 328 g/mol. The van der Waals surface area contributed by atoms with Crippen LogP contribution in [-0.4, -0.2) is 36.2 Å². The van der Waals surface area contributed by atoms with Crippen LogP contribution in [0.1, 0.15) is 29.9 Å². The molecular formula is C16H22N2O3SSi. The fourth-order valence-corrected chi connectivity index (χ4v) is 3.05. The van der Waals surface area contributed by atoms with Crippen LogP contribution in [0.25, 0.3) is 10.9 Å². The Hall–Kier alpha value is -1.44. The molecule has 0 aliphatic carbocycles. The molecule has 0 aliphatic rings. The highest BCUT2D eigenvalue weighted by Gasteiger charge is 2.39. The van der Waals surface area contributed by atoms with Crippen molar-refractivity contribution in [3.8, 4) is 0 Å². The van der Waals surface area contributed by atoms with Crippen molar-refractivity contribution in [3.05, 3.63) is 29.7 Å². The molecule has 0 amide bonds. The Labute approximate surface area is 142 Å². The molecule has 0 aromatic carbocycles. The Bertz CT molecular complexity index is 757. The van der Waals surface area contributed by atoms with Crippen LogP contribution in [0, 0.1) is 0 Å². The molecule has 2 aromatic rings. The summed E-state index contributed by atoms with van der Waals surface area (Å²) in [5, 5.41) is 0.459. The van der Waals surface area contributed by atoms with Gasteiger partial charge in [0.15, 0.2) is 14.0 Å². The van der Waals surface area contributed by atoms with E-state index in [1.807, 2.05) is 33.0 Å². The molecule has 0 unspecified atom stereocenters. The SMILES string of the molecule is COC(=O)c1ncc2cc(S)cnc2c1CC(C)(C)[Si](C)(C)O. The van der Waals surface area contributed by atoms with Crippen LogP contribution in [0.15, 0.2) is 23.4 Å². The smallest absolute Gasteiger partial charge is 0.357 e. The summed E-state index contributed by atoms with van der Waals surface area (Å²) in [5.74, 6) is -0.494. The zero-order chi connectivity index (χ0) is 17.4. The van der Waals surface area contributed by atoms with E-state index in [0.29, 0.717) is 17.5 Å². The number of carbonyl (C=O) groups excluding carboxylic acids is 1. The molecule has 2 aromatic heterocycles. The van der Waals surface area contributed by atoms with Gasteiger partial charge < -0.3 is 9.53 Å². The lowest BCUT2D eigenvalue weighted by molar-refractivity contribution is 0.0592. The quantitative estimate of drug-likeness (QED) is 0.503. The summed E-state index contributed by atoms with van der Waals surface area (Å²) in [6, 6.07) is 1.86. The Balaban J connectivity index is 2.69. The fraction of sp³-hybridized carbons (Fsp3) is 0.438. The lowest BCUT2D eigenvalue weighted by Crippen LogP contribution is -2.40. The van der Waals surface area contributed by atoms with E-state index < -0.39 is 14.3 Å². The Morgan fingerprint density at radius 2 is 2.00 bits per heavy atom. The van der Waals surface area contributed by atoms with Crippen molar-refractivity contribution in [2.24, 2.45) is 0 Å². The molecule has 0 radical (unpaired) electrons. The van der Waals surface area contributed by atoms with Crippen molar-refractivity contribution in [1.82, 2.24) is 9.97 Å². The minimum atomic E-state index is -2.46. The van der Waals surface area contributed by atoms with Crippen LogP contribution in [0.4, 0.5) is 0 Å². The summed E-state index contributed by atoms with van der Waals surface area (Å²) in [7, 11) is -1.13. The molecule has 23 heavy (non-hydrogen) atoms. The van der Waals surface area contributed by atoms with E-state index in [0.717, 1.165) is 10.3 Å². The van der Waals surface area contributed by atoms with E-state index in [1.54, 1.807) is 12.4 Å². The zero-order valence-corrected chi connectivity index (χ0v) is 15.9. The van der Waals surface area contributed by atoms with Crippen LogP contribution < -0.4 is 0 Å². The molecule has 0 aliphatic heterocycles. The van der Waals surface area contributed by atoms with E-state index >= 15 is 0 Å². The van der Waals surface area contributed by atoms with Gasteiger partial charge >= 0.3 is 5.97 Å². The van der Waals surface area contributed by atoms with Gasteiger partial charge in [-0.05, 0) is 30.6 Å². The maximum Gasteiger partial charge on any atom is 0.357 e. The molecule has 0 spiro atoms. The topological polar surface area (TPSA) is 72.3 Å². The second kappa shape index (κ2) is 6.22. The highest BCUT2D eigenvalue weighted by Crippen LogP contribution is 2.40. The van der Waals surface area contributed by atoms with Gasteiger partial charge in [-0.25, -0.2) is 9.78 Å². The van der Waals surface area contributed by atoms with Gasteiger partial charge in [0, 0.05) is 28.2 Å². The summed E-state index contributed by atoms with van der Waals surface area (Å²) >= 11 is 4.30. The first-order chi connectivity index (χ1) is 10.6. The van der Waals surface area contributed by atoms with Gasteiger partial charge in [-0.2, -0.15) is 0 Å². The Morgan fingerprint density at radius 1 is 1.35 bits per heavy atom. The summed E-state index contributed by atoms with van der Waals surface area (Å²) in [6.07, 6.45) is 3.74. The van der Waals surface area contributed by atoms with E-state index in [1.165, 1.54) is 7.11 Å². The average molecular weight is 351 g/mol. The highest BCUT2D eigenvalue weighted by molar-refractivity contribution is 7.80. The van der Waals surface area contributed by atoms with Gasteiger partial charge in [-0.1, -0.05) is 13.8 Å². The van der Waals surface area contributed by atoms with Crippen LogP contribution >= 0.6 is 12.6 Å². The van der Waals surface area contributed by atoms with Gasteiger partial charge in [-0.15, -0.1) is 12.6 Å². The number of esters is 1. The molecule has 0 saturated carbocycles. The molecule has 2 rings (SSSR count). The molecule has 2 heterocycles. The number of hydrogen-bond donors (Lipinski definition) is 2. The number of rotatable bonds is 4. The second-order valence-corrected chi connectivity index (χ2v) is 11.8. The van der Waals surface area contributed by atoms with E-state index in [4.69, 9.17) is 4.74 Å². The minimum Gasteiger partial charge on any atom is -0.464 e. The minimum absolute atomic E-state index is 0.255. The van der Waals surface area contributed by atoms with Crippen molar-refractivity contribution in [1.29, 1.82) is 0 Å². The number of fused-ring (bicyclic) bond motifs is 1. The third kappa shape index (κ3) is 3.57. The lowest BCUT2D eigenvalue weighted by atomic mass is 9.98. The molecule has 1 N–H and O–H groups in total. The number of carbonyl (C=O) groups is 1. The third-order valence-electron chi connectivity index (χ3n) is 4.46. The van der Waals surface area contributed by atoms with Crippen LogP contribution in [0.5, 0.6) is 0 Å². The molecule has 0 atom stereocenters. The molecule has 5 nitrogen and oxygen atoms in total. The van der Waals surface area contributed by atoms with E-state index in [2.05, 4.69) is 22.6 Å². The van der Waals surface area contributed by atoms with Crippen molar-refractivity contribution in [2.75, 3.05) is 7.11 Å². The maximum atomic E-state index is 12.1. The molecule has 0 bridgehead atoms. The van der Waals surface area contributed by atoms with E-state index in [-0.39, 0.29) is 10.7 Å². The normalized spacial score (nSPS) is 12.5. The van der Waals surface area contributed by atoms with Gasteiger partial charge in [0.2, 0.25) is 0 Å². The predicted molar refractivity (Wildman–Crippen MR) is 95.6 cm³/mol. The average Bonchev–Trinajstić information content (AvgIpc) is 2.45. The van der Waals surface area contributed by atoms with E-state index in [9.17, 15) is 9.59 Å². The Kier molecular flexibility index (Phi) is 4.84. The number of methoxy groups -OCH3 is 1. The number of aromatic nitrogens is 2. The van der Waals surface area contributed by atoms with Crippen LogP contribution in [0.2, 0.25) is 18.1 Å². The largest absolute Gasteiger partial charge is 0.464 e. The lowest BCUT2D eigenvalue weighted by Gasteiger charge is -2.35. The number of nitrogens with zero attached hydrogens (tertiary/aromatic N) is 2. The number of pyridine rings is 2. The van der Waals surface area contributed by atoms with Crippen molar-refractivity contribution < 1.29 is 14.3 Å². The summed E-state index contributed by atoms with van der Waals surface area (Å²) in [4.78, 5) is 32.1. The monoisotopic (exact) mass is 350 g/mol. The van der Waals surface area contributed by atoms with Gasteiger partial charge in [0.25, 0.3) is 0 Å². The maximum absolute atomic E-state index is 12.1. The summed E-state index contributed by atoms with van der Waals surface area (Å²) < 4.78 is 4.85. The third-order valence-corrected chi connectivity index (χ3v) is 8.19. The number of hydrogen-bond acceptors (Lipinski definition) is 6. The first-order valence-corrected chi connectivity index (χ1v) is 10.7. The summed E-state index contributed by atoms with van der Waals surface area (Å²) in [6.45, 7) is 7.80. The summed E-state index contributed by atoms with van der Waals surface area (Å²) in [5.41, 5.74) is 1.66. The fourth-order valence-electron chi connectivity index (χ4n) is 2.24. The predicted octanol–water partition coefficient (Wildman–Crippen LogP) is 3.23. The standard InChI is InChI=1S/C16H22N2O3SSi/c1-16(2,23(4,5)20)7-12-13-10(6-11(22)9-18-13)8-17-14(12)15(19)21-3/h6,8-9,20,22H,7H2,1-5H3. The molecule has 0 saturated heterocycles. The van der Waals surface area contributed by atoms with Gasteiger partial charge in [0.05, 0.1) is 12.6 Å². The van der Waals surface area contributed by atoms with Gasteiger partial charge in [0.1, 0.15) is 0 Å². The first kappa shape index (κ1) is 17.9. The second-order valence-electron chi connectivity index (χ2n) is 6.83. The van der Waals surface area contributed by atoms with Crippen LogP contribution in [-0.2, 0) is 11.2 Å². The van der Waals surface area contributed by atoms with Crippen molar-refractivity contribution >= 4 is 37.8 Å². The zero-order valence-electron chi connectivity index (χ0n) is 14.0. The van der Waals surface area contributed by atoms with Crippen molar-refractivity contribution in [3.63, 3.8) is 0 Å².